The highest BCUT2D eigenvalue weighted by molar-refractivity contribution is 7.16. The van der Waals surface area contributed by atoms with Gasteiger partial charge in [-0.05, 0) is 19.1 Å². The van der Waals surface area contributed by atoms with Gasteiger partial charge in [-0.25, -0.2) is 4.39 Å². The summed E-state index contributed by atoms with van der Waals surface area (Å²) in [6.07, 6.45) is 2.82. The predicted molar refractivity (Wildman–Crippen MR) is 57.3 cm³/mol. The molecule has 0 aliphatic carbocycles. The predicted octanol–water partition coefficient (Wildman–Crippen LogP) is 3.91. The van der Waals surface area contributed by atoms with E-state index >= 15 is 0 Å². The summed E-state index contributed by atoms with van der Waals surface area (Å²) >= 11 is 7.45. The number of hydrogen-bond donors (Lipinski definition) is 0. The van der Waals surface area contributed by atoms with E-state index in [4.69, 9.17) is 11.6 Å². The molecular weight excluding hydrogens is 221 g/mol. The van der Waals surface area contributed by atoms with Gasteiger partial charge in [0.2, 0.25) is 0 Å². The zero-order chi connectivity index (χ0) is 10.1. The SMILES string of the molecule is Cc1sc(-c2cncc(F)c2)cc1Cl. The number of rotatable bonds is 1. The summed E-state index contributed by atoms with van der Waals surface area (Å²) in [5.74, 6) is -0.329. The van der Waals surface area contributed by atoms with Crippen molar-refractivity contribution in [2.24, 2.45) is 0 Å². The van der Waals surface area contributed by atoms with Gasteiger partial charge in [-0.2, -0.15) is 0 Å². The minimum absolute atomic E-state index is 0.329. The lowest BCUT2D eigenvalue weighted by Crippen LogP contribution is -1.79. The molecule has 0 aliphatic rings. The summed E-state index contributed by atoms with van der Waals surface area (Å²) < 4.78 is 12.9. The van der Waals surface area contributed by atoms with Crippen LogP contribution in [0.5, 0.6) is 0 Å². The van der Waals surface area contributed by atoms with E-state index in [2.05, 4.69) is 4.98 Å². The Labute approximate surface area is 90.2 Å². The third kappa shape index (κ3) is 1.79. The Morgan fingerprint density at radius 2 is 2.14 bits per heavy atom. The minimum atomic E-state index is -0.329. The van der Waals surface area contributed by atoms with E-state index in [1.807, 2.05) is 13.0 Å². The van der Waals surface area contributed by atoms with Crippen molar-refractivity contribution in [2.45, 2.75) is 6.92 Å². The van der Waals surface area contributed by atoms with E-state index in [1.165, 1.54) is 23.6 Å². The lowest BCUT2D eigenvalue weighted by molar-refractivity contribution is 0.622. The van der Waals surface area contributed by atoms with E-state index in [0.29, 0.717) is 5.02 Å². The summed E-state index contributed by atoms with van der Waals surface area (Å²) in [6, 6.07) is 3.28. The third-order valence-electron chi connectivity index (χ3n) is 1.85. The van der Waals surface area contributed by atoms with Gasteiger partial charge in [0.05, 0.1) is 11.2 Å². The Kier molecular flexibility index (Phi) is 2.52. The van der Waals surface area contributed by atoms with Gasteiger partial charge >= 0.3 is 0 Å². The maximum absolute atomic E-state index is 12.9. The molecule has 0 saturated carbocycles. The first-order chi connectivity index (χ1) is 6.66. The normalized spacial score (nSPS) is 10.5. The highest BCUT2D eigenvalue weighted by Gasteiger charge is 2.06. The Hall–Kier alpha value is -0.930. The fourth-order valence-corrected chi connectivity index (χ4v) is 2.33. The first-order valence-electron chi connectivity index (χ1n) is 4.03. The average Bonchev–Trinajstić information content (AvgIpc) is 2.47. The molecule has 0 N–H and O–H groups in total. The smallest absolute Gasteiger partial charge is 0.142 e. The van der Waals surface area contributed by atoms with Crippen molar-refractivity contribution in [3.8, 4) is 10.4 Å². The minimum Gasteiger partial charge on any atom is -0.261 e. The summed E-state index contributed by atoms with van der Waals surface area (Å²) in [5.41, 5.74) is 0.769. The highest BCUT2D eigenvalue weighted by atomic mass is 35.5. The van der Waals surface area contributed by atoms with Gasteiger partial charge in [0.1, 0.15) is 5.82 Å². The van der Waals surface area contributed by atoms with Crippen LogP contribution in [0.4, 0.5) is 4.39 Å². The number of aryl methyl sites for hydroxylation is 1. The highest BCUT2D eigenvalue weighted by Crippen LogP contribution is 2.33. The van der Waals surface area contributed by atoms with Crippen molar-refractivity contribution in [2.75, 3.05) is 0 Å². The van der Waals surface area contributed by atoms with Crippen LogP contribution < -0.4 is 0 Å². The number of thiophene rings is 1. The lowest BCUT2D eigenvalue weighted by atomic mass is 10.2. The number of halogens is 2. The molecule has 2 heterocycles. The summed E-state index contributed by atoms with van der Waals surface area (Å²) in [6.45, 7) is 1.93. The first-order valence-corrected chi connectivity index (χ1v) is 5.23. The van der Waals surface area contributed by atoms with Crippen LogP contribution in [0.3, 0.4) is 0 Å². The molecule has 72 valence electrons. The van der Waals surface area contributed by atoms with E-state index in [0.717, 1.165) is 15.3 Å². The van der Waals surface area contributed by atoms with Crippen molar-refractivity contribution in [3.63, 3.8) is 0 Å². The molecule has 0 bridgehead atoms. The van der Waals surface area contributed by atoms with Gasteiger partial charge in [-0.3, -0.25) is 4.98 Å². The molecular formula is C10H7ClFNS. The van der Waals surface area contributed by atoms with Crippen molar-refractivity contribution in [1.82, 2.24) is 4.98 Å². The summed E-state index contributed by atoms with van der Waals surface area (Å²) in [7, 11) is 0. The van der Waals surface area contributed by atoms with Crippen molar-refractivity contribution < 1.29 is 4.39 Å². The van der Waals surface area contributed by atoms with Crippen LogP contribution in [0, 0.1) is 12.7 Å². The maximum Gasteiger partial charge on any atom is 0.142 e. The van der Waals surface area contributed by atoms with Gasteiger partial charge < -0.3 is 0 Å². The van der Waals surface area contributed by atoms with Gasteiger partial charge in [-0.15, -0.1) is 11.3 Å². The van der Waals surface area contributed by atoms with Crippen molar-refractivity contribution in [1.29, 1.82) is 0 Å². The van der Waals surface area contributed by atoms with E-state index in [-0.39, 0.29) is 5.82 Å². The molecule has 4 heteroatoms. The summed E-state index contributed by atoms with van der Waals surface area (Å²) in [5, 5.41) is 0.717. The quantitative estimate of drug-likeness (QED) is 0.720. The second-order valence-corrected chi connectivity index (χ2v) is 4.57. The maximum atomic E-state index is 12.9. The van der Waals surface area contributed by atoms with Gasteiger partial charge in [0, 0.05) is 21.5 Å². The van der Waals surface area contributed by atoms with Crippen LogP contribution in [0.1, 0.15) is 4.88 Å². The van der Waals surface area contributed by atoms with E-state index in [9.17, 15) is 4.39 Å². The molecule has 2 rings (SSSR count). The second kappa shape index (κ2) is 3.67. The van der Waals surface area contributed by atoms with Crippen LogP contribution in [0.25, 0.3) is 10.4 Å². The second-order valence-electron chi connectivity index (χ2n) is 2.91. The molecule has 2 aromatic rings. The topological polar surface area (TPSA) is 12.9 Å². The Morgan fingerprint density at radius 1 is 1.36 bits per heavy atom. The molecule has 0 saturated heterocycles. The van der Waals surface area contributed by atoms with Crippen LogP contribution >= 0.6 is 22.9 Å². The fraction of sp³-hybridized carbons (Fsp3) is 0.100. The monoisotopic (exact) mass is 227 g/mol. The Balaban J connectivity index is 2.49. The Morgan fingerprint density at radius 3 is 2.71 bits per heavy atom. The molecule has 14 heavy (non-hydrogen) atoms. The van der Waals surface area contributed by atoms with Crippen LogP contribution in [-0.2, 0) is 0 Å². The zero-order valence-corrected chi connectivity index (χ0v) is 8.99. The van der Waals surface area contributed by atoms with Gasteiger partial charge in [0.25, 0.3) is 0 Å². The molecule has 0 radical (unpaired) electrons. The zero-order valence-electron chi connectivity index (χ0n) is 7.42. The summed E-state index contributed by atoms with van der Waals surface area (Å²) in [4.78, 5) is 5.77. The molecule has 0 fully saturated rings. The standard InChI is InChI=1S/C10H7ClFNS/c1-6-9(11)3-10(14-6)7-2-8(12)5-13-4-7/h2-5H,1H3. The van der Waals surface area contributed by atoms with Crippen molar-refractivity contribution >= 4 is 22.9 Å². The molecule has 0 amide bonds. The van der Waals surface area contributed by atoms with Crippen molar-refractivity contribution in [3.05, 3.63) is 40.2 Å². The molecule has 0 atom stereocenters. The number of hydrogen-bond acceptors (Lipinski definition) is 2. The third-order valence-corrected chi connectivity index (χ3v) is 3.45. The van der Waals surface area contributed by atoms with E-state index < -0.39 is 0 Å². The number of aromatic nitrogens is 1. The largest absolute Gasteiger partial charge is 0.261 e. The average molecular weight is 228 g/mol. The van der Waals surface area contributed by atoms with Gasteiger partial charge in [0.15, 0.2) is 0 Å². The van der Waals surface area contributed by atoms with E-state index in [1.54, 1.807) is 6.20 Å². The van der Waals surface area contributed by atoms with Crippen LogP contribution in [0.2, 0.25) is 5.02 Å². The molecule has 0 aromatic carbocycles. The number of nitrogens with zero attached hydrogens (tertiary/aromatic N) is 1. The van der Waals surface area contributed by atoms with Crippen LogP contribution in [-0.4, -0.2) is 4.98 Å². The Bertz CT molecular complexity index is 447. The molecule has 0 aliphatic heterocycles. The molecule has 2 aromatic heterocycles. The first kappa shape index (κ1) is 9.62. The van der Waals surface area contributed by atoms with Gasteiger partial charge in [-0.1, -0.05) is 11.6 Å². The number of pyridine rings is 1. The lowest BCUT2D eigenvalue weighted by Gasteiger charge is -1.95. The molecule has 0 unspecified atom stereocenters. The van der Waals surface area contributed by atoms with Crippen LogP contribution in [0.15, 0.2) is 24.5 Å². The fourth-order valence-electron chi connectivity index (χ4n) is 1.15. The molecule has 0 spiro atoms. The molecule has 1 nitrogen and oxygen atoms in total.